The molecular weight excluding hydrogens is 303 g/mol. The Bertz CT molecular complexity index is 567. The molecule has 0 heterocycles. The SMILES string of the molecule is CC(=O)NC(CSCc1cc(F)ccc1[N+](=O)[O-])C(=O)O. The Kier molecular flexibility index (Phi) is 6.10. The second-order valence-corrected chi connectivity index (χ2v) is 5.17. The number of nitro groups is 1. The van der Waals surface area contributed by atoms with Gasteiger partial charge in [-0.1, -0.05) is 0 Å². The van der Waals surface area contributed by atoms with E-state index in [1.807, 2.05) is 0 Å². The number of benzene rings is 1. The average molecular weight is 316 g/mol. The molecule has 0 saturated carbocycles. The third-order valence-corrected chi connectivity index (χ3v) is 3.54. The minimum atomic E-state index is -1.20. The molecule has 1 aromatic carbocycles. The summed E-state index contributed by atoms with van der Waals surface area (Å²) in [5.74, 6) is -2.21. The van der Waals surface area contributed by atoms with E-state index in [1.54, 1.807) is 0 Å². The molecular formula is C12H13FN2O5S. The summed E-state index contributed by atoms with van der Waals surface area (Å²) in [6, 6.07) is 2.00. The van der Waals surface area contributed by atoms with E-state index in [0.29, 0.717) is 0 Å². The van der Waals surface area contributed by atoms with Crippen LogP contribution < -0.4 is 5.32 Å². The number of carbonyl (C=O) groups excluding carboxylic acids is 1. The van der Waals surface area contributed by atoms with Crippen molar-refractivity contribution in [3.05, 3.63) is 39.7 Å². The molecule has 0 radical (unpaired) electrons. The number of thioether (sulfide) groups is 1. The van der Waals surface area contributed by atoms with Gasteiger partial charge in [0, 0.05) is 30.1 Å². The fourth-order valence-electron chi connectivity index (χ4n) is 1.55. The molecule has 1 atom stereocenters. The number of amides is 1. The van der Waals surface area contributed by atoms with E-state index in [1.165, 1.54) is 6.92 Å². The van der Waals surface area contributed by atoms with E-state index in [4.69, 9.17) is 5.11 Å². The standard InChI is InChI=1S/C12H13FN2O5S/c1-7(16)14-10(12(17)18)6-21-5-8-4-9(13)2-3-11(8)15(19)20/h2-4,10H,5-6H2,1H3,(H,14,16)(H,17,18). The highest BCUT2D eigenvalue weighted by atomic mass is 32.2. The van der Waals surface area contributed by atoms with Crippen LogP contribution in [0.1, 0.15) is 12.5 Å². The highest BCUT2D eigenvalue weighted by Gasteiger charge is 2.20. The number of nitro benzene ring substituents is 1. The smallest absolute Gasteiger partial charge is 0.327 e. The van der Waals surface area contributed by atoms with E-state index >= 15 is 0 Å². The number of nitrogens with one attached hydrogen (secondary N) is 1. The lowest BCUT2D eigenvalue weighted by Gasteiger charge is -2.12. The van der Waals surface area contributed by atoms with Crippen LogP contribution in [0.2, 0.25) is 0 Å². The van der Waals surface area contributed by atoms with Crippen LogP contribution >= 0.6 is 11.8 Å². The summed E-state index contributed by atoms with van der Waals surface area (Å²) in [5.41, 5.74) is -0.0627. The second kappa shape index (κ2) is 7.58. The third-order valence-electron chi connectivity index (χ3n) is 2.46. The summed E-state index contributed by atoms with van der Waals surface area (Å²) >= 11 is 1.06. The third kappa shape index (κ3) is 5.38. The van der Waals surface area contributed by atoms with Gasteiger partial charge in [-0.05, 0) is 12.1 Å². The Morgan fingerprint density at radius 2 is 2.19 bits per heavy atom. The molecule has 1 amide bonds. The first kappa shape index (κ1) is 16.9. The molecule has 1 rings (SSSR count). The number of rotatable bonds is 7. The van der Waals surface area contributed by atoms with Crippen LogP contribution in [-0.4, -0.2) is 33.7 Å². The molecule has 0 saturated heterocycles. The van der Waals surface area contributed by atoms with Crippen molar-refractivity contribution in [2.45, 2.75) is 18.7 Å². The first-order valence-electron chi connectivity index (χ1n) is 5.81. The van der Waals surface area contributed by atoms with Crippen LogP contribution in [0.15, 0.2) is 18.2 Å². The van der Waals surface area contributed by atoms with Crippen LogP contribution in [0, 0.1) is 15.9 Å². The number of hydrogen-bond donors (Lipinski definition) is 2. The van der Waals surface area contributed by atoms with Gasteiger partial charge in [-0.2, -0.15) is 11.8 Å². The van der Waals surface area contributed by atoms with Crippen molar-refractivity contribution in [1.82, 2.24) is 5.32 Å². The Hall–Kier alpha value is -2.16. The summed E-state index contributed by atoms with van der Waals surface area (Å²) in [6.45, 7) is 1.19. The van der Waals surface area contributed by atoms with Crippen LogP contribution in [0.4, 0.5) is 10.1 Å². The largest absolute Gasteiger partial charge is 0.480 e. The molecule has 9 heteroatoms. The molecule has 2 N–H and O–H groups in total. The van der Waals surface area contributed by atoms with Gasteiger partial charge in [0.15, 0.2) is 0 Å². The van der Waals surface area contributed by atoms with Crippen molar-refractivity contribution in [2.75, 3.05) is 5.75 Å². The summed E-state index contributed by atoms with van der Waals surface area (Å²) in [7, 11) is 0. The van der Waals surface area contributed by atoms with Gasteiger partial charge < -0.3 is 10.4 Å². The fourth-order valence-corrected chi connectivity index (χ4v) is 2.59. The number of nitrogens with zero attached hydrogens (tertiary/aromatic N) is 1. The molecule has 7 nitrogen and oxygen atoms in total. The Morgan fingerprint density at radius 1 is 1.52 bits per heavy atom. The van der Waals surface area contributed by atoms with Crippen LogP contribution in [0.5, 0.6) is 0 Å². The maximum absolute atomic E-state index is 13.1. The Labute approximate surface area is 123 Å². The quantitative estimate of drug-likeness (QED) is 0.583. The lowest BCUT2D eigenvalue weighted by Crippen LogP contribution is -2.41. The van der Waals surface area contributed by atoms with E-state index in [0.717, 1.165) is 30.0 Å². The van der Waals surface area contributed by atoms with Crippen molar-refractivity contribution < 1.29 is 24.0 Å². The molecule has 0 aliphatic rings. The Balaban J connectivity index is 2.70. The topological polar surface area (TPSA) is 110 Å². The van der Waals surface area contributed by atoms with Crippen molar-refractivity contribution >= 4 is 29.3 Å². The van der Waals surface area contributed by atoms with Gasteiger partial charge in [0.05, 0.1) is 4.92 Å². The van der Waals surface area contributed by atoms with Crippen LogP contribution in [0.3, 0.4) is 0 Å². The molecule has 0 spiro atoms. The van der Waals surface area contributed by atoms with E-state index in [-0.39, 0.29) is 22.8 Å². The number of aliphatic carboxylic acids is 1. The lowest BCUT2D eigenvalue weighted by atomic mass is 10.2. The maximum Gasteiger partial charge on any atom is 0.327 e. The minimum Gasteiger partial charge on any atom is -0.480 e. The van der Waals surface area contributed by atoms with Gasteiger partial charge >= 0.3 is 5.97 Å². The molecule has 1 unspecified atom stereocenters. The first-order valence-corrected chi connectivity index (χ1v) is 6.97. The van der Waals surface area contributed by atoms with Gasteiger partial charge in [-0.25, -0.2) is 9.18 Å². The summed E-state index contributed by atoms with van der Waals surface area (Å²) in [4.78, 5) is 31.9. The minimum absolute atomic E-state index is 0.0164. The molecule has 0 fully saturated rings. The molecule has 0 aromatic heterocycles. The zero-order valence-corrected chi connectivity index (χ0v) is 11.9. The maximum atomic E-state index is 13.1. The zero-order valence-electron chi connectivity index (χ0n) is 11.0. The molecule has 21 heavy (non-hydrogen) atoms. The molecule has 0 bridgehead atoms. The molecule has 1 aromatic rings. The number of carboxylic acid groups (broad SMARTS) is 1. The van der Waals surface area contributed by atoms with Gasteiger partial charge in [0.25, 0.3) is 5.69 Å². The van der Waals surface area contributed by atoms with Crippen molar-refractivity contribution in [3.63, 3.8) is 0 Å². The fraction of sp³-hybridized carbons (Fsp3) is 0.333. The average Bonchev–Trinajstić information content (AvgIpc) is 2.36. The van der Waals surface area contributed by atoms with Crippen LogP contribution in [0.25, 0.3) is 0 Å². The number of hydrogen-bond acceptors (Lipinski definition) is 5. The molecule has 114 valence electrons. The zero-order chi connectivity index (χ0) is 16.0. The summed E-state index contributed by atoms with van der Waals surface area (Å²) in [6.07, 6.45) is 0. The normalized spacial score (nSPS) is 11.7. The monoisotopic (exact) mass is 316 g/mol. The van der Waals surface area contributed by atoms with Gasteiger partial charge in [0.2, 0.25) is 5.91 Å². The van der Waals surface area contributed by atoms with Crippen molar-refractivity contribution in [1.29, 1.82) is 0 Å². The number of halogens is 1. The molecule has 0 aliphatic carbocycles. The first-order chi connectivity index (χ1) is 9.81. The second-order valence-electron chi connectivity index (χ2n) is 4.14. The van der Waals surface area contributed by atoms with E-state index in [9.17, 15) is 24.1 Å². The highest BCUT2D eigenvalue weighted by Crippen LogP contribution is 2.24. The summed E-state index contributed by atoms with van der Waals surface area (Å²) < 4.78 is 13.1. The van der Waals surface area contributed by atoms with Crippen LogP contribution in [-0.2, 0) is 15.3 Å². The van der Waals surface area contributed by atoms with Gasteiger partial charge in [-0.15, -0.1) is 0 Å². The lowest BCUT2D eigenvalue weighted by molar-refractivity contribution is -0.385. The summed E-state index contributed by atoms with van der Waals surface area (Å²) in [5, 5.41) is 22.0. The number of carbonyl (C=O) groups is 2. The van der Waals surface area contributed by atoms with E-state index < -0.39 is 28.7 Å². The predicted octanol–water partition coefficient (Wildman–Crippen LogP) is 1.56. The van der Waals surface area contributed by atoms with Gasteiger partial charge in [0.1, 0.15) is 11.9 Å². The van der Waals surface area contributed by atoms with E-state index in [2.05, 4.69) is 5.32 Å². The van der Waals surface area contributed by atoms with Crippen molar-refractivity contribution in [2.24, 2.45) is 0 Å². The van der Waals surface area contributed by atoms with Gasteiger partial charge in [-0.3, -0.25) is 14.9 Å². The number of carboxylic acids is 1. The van der Waals surface area contributed by atoms with Crippen molar-refractivity contribution in [3.8, 4) is 0 Å². The molecule has 0 aliphatic heterocycles. The highest BCUT2D eigenvalue weighted by molar-refractivity contribution is 7.98. The predicted molar refractivity (Wildman–Crippen MR) is 74.5 cm³/mol. The Morgan fingerprint density at radius 3 is 2.71 bits per heavy atom.